The predicted molar refractivity (Wildman–Crippen MR) is 88.5 cm³/mol. The highest BCUT2D eigenvalue weighted by molar-refractivity contribution is 5.92. The van der Waals surface area contributed by atoms with E-state index in [0.29, 0.717) is 43.7 Å². The van der Waals surface area contributed by atoms with Crippen molar-refractivity contribution in [2.45, 2.75) is 32.3 Å². The number of nitrogens with one attached hydrogen (secondary N) is 1. The average Bonchev–Trinajstić information content (AvgIpc) is 3.29. The third kappa shape index (κ3) is 5.04. The molecule has 1 aromatic heterocycles. The third-order valence-electron chi connectivity index (χ3n) is 4.22. The molecule has 1 aliphatic carbocycles. The number of carbonyl (C=O) groups is 1. The van der Waals surface area contributed by atoms with Crippen LogP contribution < -0.4 is 5.32 Å². The van der Waals surface area contributed by atoms with Gasteiger partial charge < -0.3 is 19.3 Å². The van der Waals surface area contributed by atoms with E-state index in [9.17, 15) is 4.79 Å². The second-order valence-corrected chi connectivity index (χ2v) is 6.18. The Balaban J connectivity index is 1.36. The zero-order valence-electron chi connectivity index (χ0n) is 13.8. The Labute approximate surface area is 141 Å². The van der Waals surface area contributed by atoms with Crippen LogP contribution in [0, 0.1) is 5.92 Å². The van der Waals surface area contributed by atoms with E-state index in [0.717, 1.165) is 32.3 Å². The summed E-state index contributed by atoms with van der Waals surface area (Å²) in [7, 11) is 0. The smallest absolute Gasteiger partial charge is 0.273 e. The monoisotopic (exact) mass is 332 g/mol. The van der Waals surface area contributed by atoms with Crippen molar-refractivity contribution in [3.05, 3.63) is 41.3 Å². The second-order valence-electron chi connectivity index (χ2n) is 6.18. The SMILES string of the molecule is O=C(NCC1CCOC1)c1cc(COCCC2=CCCC=C2)on1. The normalized spacial score (nSPS) is 20.2. The molecule has 1 N–H and O–H groups in total. The first-order valence-corrected chi connectivity index (χ1v) is 8.56. The molecule has 1 atom stereocenters. The van der Waals surface area contributed by atoms with Gasteiger partial charge in [-0.15, -0.1) is 0 Å². The van der Waals surface area contributed by atoms with Gasteiger partial charge in [-0.1, -0.05) is 29.0 Å². The molecule has 1 fully saturated rings. The number of hydrogen-bond donors (Lipinski definition) is 1. The number of carbonyl (C=O) groups excluding carboxylic acids is 1. The van der Waals surface area contributed by atoms with Gasteiger partial charge in [0.2, 0.25) is 0 Å². The van der Waals surface area contributed by atoms with Gasteiger partial charge in [0.1, 0.15) is 6.61 Å². The van der Waals surface area contributed by atoms with Crippen molar-refractivity contribution in [2.75, 3.05) is 26.4 Å². The minimum atomic E-state index is -0.214. The molecule has 130 valence electrons. The van der Waals surface area contributed by atoms with Crippen LogP contribution in [0.2, 0.25) is 0 Å². The maximum atomic E-state index is 12.0. The molecule has 2 aliphatic rings. The first-order chi connectivity index (χ1) is 11.8. The van der Waals surface area contributed by atoms with Gasteiger partial charge in [-0.2, -0.15) is 0 Å². The fraction of sp³-hybridized carbons (Fsp3) is 0.556. The van der Waals surface area contributed by atoms with Crippen LogP contribution in [0.3, 0.4) is 0 Å². The van der Waals surface area contributed by atoms with Gasteiger partial charge in [-0.25, -0.2) is 0 Å². The van der Waals surface area contributed by atoms with Gasteiger partial charge >= 0.3 is 0 Å². The Morgan fingerprint density at radius 2 is 2.38 bits per heavy atom. The van der Waals surface area contributed by atoms with Gasteiger partial charge in [-0.05, 0) is 25.7 Å². The number of allylic oxidation sites excluding steroid dienone is 3. The number of rotatable bonds is 8. The average molecular weight is 332 g/mol. The van der Waals surface area contributed by atoms with Crippen LogP contribution in [0.15, 0.2) is 34.4 Å². The molecule has 1 aliphatic heterocycles. The van der Waals surface area contributed by atoms with Crippen molar-refractivity contribution < 1.29 is 18.8 Å². The van der Waals surface area contributed by atoms with Crippen LogP contribution in [0.5, 0.6) is 0 Å². The van der Waals surface area contributed by atoms with E-state index in [2.05, 4.69) is 28.7 Å². The molecule has 6 nitrogen and oxygen atoms in total. The lowest BCUT2D eigenvalue weighted by atomic mass is 10.1. The fourth-order valence-electron chi connectivity index (χ4n) is 2.78. The van der Waals surface area contributed by atoms with Crippen molar-refractivity contribution in [3.8, 4) is 0 Å². The predicted octanol–water partition coefficient (Wildman–Crippen LogP) is 2.62. The Bertz CT molecular complexity index is 600. The Kier molecular flexibility index (Phi) is 6.20. The number of nitrogens with zero attached hydrogens (tertiary/aromatic N) is 1. The molecule has 0 aromatic carbocycles. The van der Waals surface area contributed by atoms with E-state index in [4.69, 9.17) is 14.0 Å². The Morgan fingerprint density at radius 3 is 3.17 bits per heavy atom. The molecular formula is C18H24N2O4. The highest BCUT2D eigenvalue weighted by Crippen LogP contribution is 2.14. The van der Waals surface area contributed by atoms with Crippen LogP contribution in [0.4, 0.5) is 0 Å². The largest absolute Gasteiger partial charge is 0.381 e. The van der Waals surface area contributed by atoms with Gasteiger partial charge in [0.05, 0.1) is 13.2 Å². The van der Waals surface area contributed by atoms with Gasteiger partial charge in [0.25, 0.3) is 5.91 Å². The molecule has 1 unspecified atom stereocenters. The first kappa shape index (κ1) is 16.9. The summed E-state index contributed by atoms with van der Waals surface area (Å²) in [6.07, 6.45) is 10.7. The Hall–Kier alpha value is -1.92. The van der Waals surface area contributed by atoms with Gasteiger partial charge in [0, 0.05) is 25.1 Å². The van der Waals surface area contributed by atoms with Crippen molar-refractivity contribution in [1.82, 2.24) is 10.5 Å². The Morgan fingerprint density at radius 1 is 1.42 bits per heavy atom. The van der Waals surface area contributed by atoms with Crippen molar-refractivity contribution in [1.29, 1.82) is 0 Å². The minimum absolute atomic E-state index is 0.214. The number of ether oxygens (including phenoxy) is 2. The van der Waals surface area contributed by atoms with Crippen LogP contribution in [0.1, 0.15) is 41.9 Å². The van der Waals surface area contributed by atoms with Crippen LogP contribution in [-0.4, -0.2) is 37.4 Å². The van der Waals surface area contributed by atoms with E-state index in [1.165, 1.54) is 5.57 Å². The summed E-state index contributed by atoms with van der Waals surface area (Å²) in [6.45, 7) is 3.05. The molecule has 1 amide bonds. The molecular weight excluding hydrogens is 308 g/mol. The number of aromatic nitrogens is 1. The van der Waals surface area contributed by atoms with E-state index in [-0.39, 0.29) is 5.91 Å². The van der Waals surface area contributed by atoms with Crippen LogP contribution >= 0.6 is 0 Å². The van der Waals surface area contributed by atoms with Crippen LogP contribution in [0.25, 0.3) is 0 Å². The fourth-order valence-corrected chi connectivity index (χ4v) is 2.78. The zero-order chi connectivity index (χ0) is 16.6. The summed E-state index contributed by atoms with van der Waals surface area (Å²) in [6, 6.07) is 1.64. The lowest BCUT2D eigenvalue weighted by molar-refractivity contribution is 0.0931. The summed E-state index contributed by atoms with van der Waals surface area (Å²) in [5, 5.41) is 6.68. The lowest BCUT2D eigenvalue weighted by Gasteiger charge is -2.07. The highest BCUT2D eigenvalue weighted by atomic mass is 16.5. The summed E-state index contributed by atoms with van der Waals surface area (Å²) in [4.78, 5) is 12.0. The maximum absolute atomic E-state index is 12.0. The molecule has 0 spiro atoms. The third-order valence-corrected chi connectivity index (χ3v) is 4.22. The van der Waals surface area contributed by atoms with E-state index < -0.39 is 0 Å². The lowest BCUT2D eigenvalue weighted by Crippen LogP contribution is -2.29. The van der Waals surface area contributed by atoms with Crippen LogP contribution in [-0.2, 0) is 16.1 Å². The van der Waals surface area contributed by atoms with E-state index in [1.807, 2.05) is 0 Å². The van der Waals surface area contributed by atoms with Gasteiger partial charge in [-0.3, -0.25) is 4.79 Å². The number of hydrogen-bond acceptors (Lipinski definition) is 5. The maximum Gasteiger partial charge on any atom is 0.273 e. The topological polar surface area (TPSA) is 73.6 Å². The van der Waals surface area contributed by atoms with E-state index in [1.54, 1.807) is 6.07 Å². The molecule has 0 radical (unpaired) electrons. The van der Waals surface area contributed by atoms with Crippen molar-refractivity contribution >= 4 is 5.91 Å². The van der Waals surface area contributed by atoms with Crippen molar-refractivity contribution in [3.63, 3.8) is 0 Å². The number of amides is 1. The molecule has 2 heterocycles. The molecule has 0 saturated carbocycles. The summed E-state index contributed by atoms with van der Waals surface area (Å²) < 4.78 is 16.0. The highest BCUT2D eigenvalue weighted by Gasteiger charge is 2.18. The first-order valence-electron chi connectivity index (χ1n) is 8.56. The molecule has 1 aromatic rings. The zero-order valence-corrected chi connectivity index (χ0v) is 13.8. The summed E-state index contributed by atoms with van der Waals surface area (Å²) in [5.41, 5.74) is 1.61. The molecule has 3 rings (SSSR count). The van der Waals surface area contributed by atoms with Gasteiger partial charge in [0.15, 0.2) is 11.5 Å². The van der Waals surface area contributed by atoms with Crippen molar-refractivity contribution in [2.24, 2.45) is 5.92 Å². The van der Waals surface area contributed by atoms with E-state index >= 15 is 0 Å². The summed E-state index contributed by atoms with van der Waals surface area (Å²) in [5.74, 6) is 0.749. The standard InChI is InChI=1S/C18H24N2O4/c21-18(19-11-15-7-9-22-12-15)17-10-16(24-20-17)13-23-8-6-14-4-2-1-3-5-14/h2,4-5,10,15H,1,3,6-9,11-13H2,(H,19,21). The molecule has 1 saturated heterocycles. The second kappa shape index (κ2) is 8.80. The molecule has 24 heavy (non-hydrogen) atoms. The molecule has 0 bridgehead atoms. The minimum Gasteiger partial charge on any atom is -0.381 e. The molecule has 6 heteroatoms. The quantitative estimate of drug-likeness (QED) is 0.741. The summed E-state index contributed by atoms with van der Waals surface area (Å²) >= 11 is 0.